The fourth-order valence-corrected chi connectivity index (χ4v) is 3.64. The van der Waals surface area contributed by atoms with Crippen molar-refractivity contribution < 1.29 is 19.1 Å². The Bertz CT molecular complexity index is 834. The number of aryl methyl sites for hydroxylation is 1. The lowest BCUT2D eigenvalue weighted by atomic mass is 9.95. The van der Waals surface area contributed by atoms with Crippen molar-refractivity contribution in [3.63, 3.8) is 0 Å². The van der Waals surface area contributed by atoms with Crippen molar-refractivity contribution in [1.82, 2.24) is 5.32 Å². The first-order valence-corrected chi connectivity index (χ1v) is 9.16. The Morgan fingerprint density at radius 3 is 2.37 bits per heavy atom. The maximum atomic E-state index is 12.8. The van der Waals surface area contributed by atoms with Crippen LogP contribution in [0, 0.1) is 6.92 Å². The van der Waals surface area contributed by atoms with Gasteiger partial charge in [-0.1, -0.05) is 36.4 Å². The fraction of sp³-hybridized carbons (Fsp3) is 0.364. The predicted molar refractivity (Wildman–Crippen MR) is 103 cm³/mol. The van der Waals surface area contributed by atoms with Gasteiger partial charge in [-0.25, -0.2) is 4.79 Å². The van der Waals surface area contributed by atoms with E-state index in [4.69, 9.17) is 9.47 Å². The lowest BCUT2D eigenvalue weighted by Crippen LogP contribution is -2.56. The number of carbonyl (C=O) groups is 2. The minimum atomic E-state index is -1.04. The van der Waals surface area contributed by atoms with Gasteiger partial charge in [0.2, 0.25) is 5.91 Å². The van der Waals surface area contributed by atoms with Gasteiger partial charge in [-0.15, -0.1) is 0 Å². The molecule has 1 aliphatic carbocycles. The second-order valence-electron chi connectivity index (χ2n) is 6.95. The average Bonchev–Trinajstić information content (AvgIpc) is 3.02. The van der Waals surface area contributed by atoms with Crippen LogP contribution in [0.5, 0.6) is 5.75 Å². The number of rotatable bonds is 6. The van der Waals surface area contributed by atoms with Gasteiger partial charge in [-0.2, -0.15) is 0 Å². The van der Waals surface area contributed by atoms with Crippen LogP contribution in [0.25, 0.3) is 0 Å². The minimum Gasteiger partial charge on any atom is -0.496 e. The summed E-state index contributed by atoms with van der Waals surface area (Å²) in [6, 6.07) is 13.6. The molecule has 0 bridgehead atoms. The first-order chi connectivity index (χ1) is 13.0. The van der Waals surface area contributed by atoms with E-state index in [0.29, 0.717) is 12.8 Å². The van der Waals surface area contributed by atoms with Crippen molar-refractivity contribution in [2.45, 2.75) is 38.6 Å². The van der Waals surface area contributed by atoms with Crippen molar-refractivity contribution in [3.05, 3.63) is 64.7 Å². The number of amides is 1. The summed E-state index contributed by atoms with van der Waals surface area (Å²) in [6.45, 7) is 4.00. The van der Waals surface area contributed by atoms with Crippen LogP contribution in [0.15, 0.2) is 42.5 Å². The van der Waals surface area contributed by atoms with Crippen LogP contribution in [0.2, 0.25) is 0 Å². The highest BCUT2D eigenvalue weighted by atomic mass is 16.5. The Morgan fingerprint density at radius 2 is 1.78 bits per heavy atom. The van der Waals surface area contributed by atoms with Crippen LogP contribution >= 0.6 is 0 Å². The summed E-state index contributed by atoms with van der Waals surface area (Å²) in [5.41, 5.74) is 2.96. The van der Waals surface area contributed by atoms with E-state index in [9.17, 15) is 9.59 Å². The Hall–Kier alpha value is -2.82. The van der Waals surface area contributed by atoms with Gasteiger partial charge < -0.3 is 14.8 Å². The molecule has 1 amide bonds. The Labute approximate surface area is 159 Å². The summed E-state index contributed by atoms with van der Waals surface area (Å²) in [5, 5.41) is 2.97. The molecule has 0 radical (unpaired) electrons. The SMILES string of the molecule is CCOC(=O)C1(NC(=O)Cc2ccc(C)c(OC)c2)Cc2ccccc2C1. The van der Waals surface area contributed by atoms with Gasteiger partial charge in [0.25, 0.3) is 0 Å². The molecule has 1 aliphatic rings. The topological polar surface area (TPSA) is 64.6 Å². The van der Waals surface area contributed by atoms with E-state index in [0.717, 1.165) is 28.0 Å². The normalized spacial score (nSPS) is 14.3. The lowest BCUT2D eigenvalue weighted by molar-refractivity contribution is -0.153. The number of benzene rings is 2. The number of hydrogen-bond donors (Lipinski definition) is 1. The molecule has 142 valence electrons. The molecule has 0 spiro atoms. The molecule has 1 N–H and O–H groups in total. The van der Waals surface area contributed by atoms with E-state index in [1.807, 2.05) is 49.4 Å². The molecule has 27 heavy (non-hydrogen) atoms. The quantitative estimate of drug-likeness (QED) is 0.798. The number of nitrogens with one attached hydrogen (secondary N) is 1. The zero-order chi connectivity index (χ0) is 19.4. The molecule has 0 unspecified atom stereocenters. The first kappa shape index (κ1) is 19.0. The molecular formula is C22H25NO4. The van der Waals surface area contributed by atoms with Crippen molar-refractivity contribution in [3.8, 4) is 5.75 Å². The number of methoxy groups -OCH3 is 1. The van der Waals surface area contributed by atoms with Gasteiger partial charge >= 0.3 is 5.97 Å². The summed E-state index contributed by atoms with van der Waals surface area (Å²) in [4.78, 5) is 25.5. The highest BCUT2D eigenvalue weighted by Gasteiger charge is 2.46. The smallest absolute Gasteiger partial charge is 0.332 e. The number of carbonyl (C=O) groups excluding carboxylic acids is 2. The number of hydrogen-bond acceptors (Lipinski definition) is 4. The fourth-order valence-electron chi connectivity index (χ4n) is 3.64. The highest BCUT2D eigenvalue weighted by Crippen LogP contribution is 2.31. The van der Waals surface area contributed by atoms with Crippen LogP contribution in [0.1, 0.15) is 29.2 Å². The number of ether oxygens (including phenoxy) is 2. The van der Waals surface area contributed by atoms with Gasteiger partial charge in [0.15, 0.2) is 0 Å². The van der Waals surface area contributed by atoms with Crippen LogP contribution in [0.4, 0.5) is 0 Å². The molecule has 2 aromatic rings. The zero-order valence-electron chi connectivity index (χ0n) is 16.0. The van der Waals surface area contributed by atoms with E-state index in [-0.39, 0.29) is 24.9 Å². The molecule has 3 rings (SSSR count). The third-order valence-electron chi connectivity index (χ3n) is 4.98. The Kier molecular flexibility index (Phi) is 5.49. The van der Waals surface area contributed by atoms with Gasteiger partial charge in [-0.05, 0) is 42.2 Å². The predicted octanol–water partition coefficient (Wildman–Crippen LogP) is 2.76. The molecule has 0 fully saturated rings. The summed E-state index contributed by atoms with van der Waals surface area (Å²) < 4.78 is 10.6. The van der Waals surface area contributed by atoms with Gasteiger partial charge in [-0.3, -0.25) is 4.79 Å². The molecule has 0 saturated carbocycles. The molecule has 0 atom stereocenters. The van der Waals surface area contributed by atoms with E-state index in [1.54, 1.807) is 14.0 Å². The zero-order valence-corrected chi connectivity index (χ0v) is 16.0. The second kappa shape index (κ2) is 7.82. The second-order valence-corrected chi connectivity index (χ2v) is 6.95. The third-order valence-corrected chi connectivity index (χ3v) is 4.98. The highest BCUT2D eigenvalue weighted by molar-refractivity contribution is 5.90. The van der Waals surface area contributed by atoms with E-state index < -0.39 is 5.54 Å². The van der Waals surface area contributed by atoms with Crippen molar-refractivity contribution >= 4 is 11.9 Å². The summed E-state index contributed by atoms with van der Waals surface area (Å²) in [7, 11) is 1.61. The molecular weight excluding hydrogens is 342 g/mol. The standard InChI is InChI=1S/C22H25NO4/c1-4-27-21(25)22(13-17-7-5-6-8-18(17)14-22)23-20(24)12-16-10-9-15(2)19(11-16)26-3/h5-11H,4,12-14H2,1-3H3,(H,23,24). The van der Waals surface area contributed by atoms with Crippen molar-refractivity contribution in [1.29, 1.82) is 0 Å². The van der Waals surface area contributed by atoms with E-state index in [2.05, 4.69) is 5.32 Å². The average molecular weight is 367 g/mol. The van der Waals surface area contributed by atoms with Crippen molar-refractivity contribution in [2.75, 3.05) is 13.7 Å². The van der Waals surface area contributed by atoms with E-state index >= 15 is 0 Å². The van der Waals surface area contributed by atoms with Crippen LogP contribution in [-0.4, -0.2) is 31.1 Å². The largest absolute Gasteiger partial charge is 0.496 e. The molecule has 5 nitrogen and oxygen atoms in total. The number of fused-ring (bicyclic) bond motifs is 1. The molecule has 5 heteroatoms. The molecule has 0 saturated heterocycles. The molecule has 0 aromatic heterocycles. The third kappa shape index (κ3) is 3.97. The minimum absolute atomic E-state index is 0.175. The van der Waals surface area contributed by atoms with Gasteiger partial charge in [0.05, 0.1) is 20.1 Å². The summed E-state index contributed by atoms with van der Waals surface area (Å²) in [5.74, 6) is 0.159. The van der Waals surface area contributed by atoms with Crippen molar-refractivity contribution in [2.24, 2.45) is 0 Å². The first-order valence-electron chi connectivity index (χ1n) is 9.16. The van der Waals surface area contributed by atoms with Gasteiger partial charge in [0.1, 0.15) is 11.3 Å². The van der Waals surface area contributed by atoms with E-state index in [1.165, 1.54) is 0 Å². The van der Waals surface area contributed by atoms with Crippen LogP contribution < -0.4 is 10.1 Å². The van der Waals surface area contributed by atoms with Gasteiger partial charge in [0, 0.05) is 12.8 Å². The maximum Gasteiger partial charge on any atom is 0.332 e. The molecule has 2 aromatic carbocycles. The molecule has 0 aliphatic heterocycles. The monoisotopic (exact) mass is 367 g/mol. The number of esters is 1. The Balaban J connectivity index is 1.79. The Morgan fingerprint density at radius 1 is 1.11 bits per heavy atom. The summed E-state index contributed by atoms with van der Waals surface area (Å²) >= 11 is 0. The lowest BCUT2D eigenvalue weighted by Gasteiger charge is -2.28. The maximum absolute atomic E-state index is 12.8. The van der Waals surface area contributed by atoms with Crippen LogP contribution in [-0.2, 0) is 33.6 Å². The van der Waals surface area contributed by atoms with Crippen LogP contribution in [0.3, 0.4) is 0 Å². The molecule has 0 heterocycles. The summed E-state index contributed by atoms with van der Waals surface area (Å²) in [6.07, 6.45) is 1.07.